The van der Waals surface area contributed by atoms with Gasteiger partial charge in [-0.2, -0.15) is 0 Å². The van der Waals surface area contributed by atoms with Gasteiger partial charge in [0, 0.05) is 0 Å². The molecule has 0 aromatic heterocycles. The van der Waals surface area contributed by atoms with Gasteiger partial charge in [0.05, 0.1) is 5.60 Å². The molecule has 2 bridgehead atoms. The molecule has 0 aromatic carbocycles. The minimum absolute atomic E-state index is 0.238. The number of rotatable bonds is 0. The third-order valence-corrected chi connectivity index (χ3v) is 3.58. The quantitative estimate of drug-likeness (QED) is 0.592. The molecule has 1 nitrogen and oxygen atoms in total. The highest BCUT2D eigenvalue weighted by atomic mass is 16.3. The van der Waals surface area contributed by atoms with Crippen molar-refractivity contribution in [3.05, 3.63) is 0 Å². The van der Waals surface area contributed by atoms with Crippen molar-refractivity contribution in [2.45, 2.75) is 64.9 Å². The lowest BCUT2D eigenvalue weighted by Crippen LogP contribution is -2.44. The molecule has 0 saturated heterocycles. The summed E-state index contributed by atoms with van der Waals surface area (Å²) in [5, 5.41) is 9.83. The second-order valence-electron chi connectivity index (χ2n) is 4.54. The van der Waals surface area contributed by atoms with Crippen LogP contribution in [0.1, 0.15) is 59.3 Å². The minimum Gasteiger partial charge on any atom is -0.390 e. The van der Waals surface area contributed by atoms with E-state index < -0.39 is 0 Å². The Kier molecular flexibility index (Phi) is 2.82. The standard InChI is InChI=1S/C9H16O.C2H6/c1-8-2-5-9(10,6-3-8)7-4-8;1-2/h10H,2-7H2,1H3;1-2H3. The van der Waals surface area contributed by atoms with Crippen LogP contribution in [-0.4, -0.2) is 10.7 Å². The molecule has 0 radical (unpaired) electrons. The van der Waals surface area contributed by atoms with Crippen molar-refractivity contribution in [3.63, 3.8) is 0 Å². The fraction of sp³-hybridized carbons (Fsp3) is 1.00. The van der Waals surface area contributed by atoms with Gasteiger partial charge in [0.15, 0.2) is 0 Å². The Hall–Kier alpha value is -0.0400. The number of hydrogen-bond donors (Lipinski definition) is 1. The summed E-state index contributed by atoms with van der Waals surface area (Å²) >= 11 is 0. The molecule has 3 aliphatic carbocycles. The summed E-state index contributed by atoms with van der Waals surface area (Å²) in [5.41, 5.74) is 0.363. The summed E-state index contributed by atoms with van der Waals surface area (Å²) in [5.74, 6) is 0. The lowest BCUT2D eigenvalue weighted by molar-refractivity contribution is -0.0854. The molecule has 3 aliphatic rings. The van der Waals surface area contributed by atoms with Gasteiger partial charge in [0.25, 0.3) is 0 Å². The molecule has 0 heterocycles. The van der Waals surface area contributed by atoms with Gasteiger partial charge in [-0.1, -0.05) is 20.8 Å². The van der Waals surface area contributed by atoms with Crippen molar-refractivity contribution in [1.29, 1.82) is 0 Å². The van der Waals surface area contributed by atoms with Crippen LogP contribution < -0.4 is 0 Å². The van der Waals surface area contributed by atoms with Crippen molar-refractivity contribution in [1.82, 2.24) is 0 Å². The first-order valence-electron chi connectivity index (χ1n) is 5.34. The zero-order valence-corrected chi connectivity index (χ0v) is 8.69. The largest absolute Gasteiger partial charge is 0.390 e. The first-order valence-corrected chi connectivity index (χ1v) is 5.34. The molecule has 1 N–H and O–H groups in total. The Morgan fingerprint density at radius 3 is 1.42 bits per heavy atom. The Balaban J connectivity index is 0.000000336. The Labute approximate surface area is 76.2 Å². The van der Waals surface area contributed by atoms with Crippen LogP contribution in [0.15, 0.2) is 0 Å². The smallest absolute Gasteiger partial charge is 0.0648 e. The van der Waals surface area contributed by atoms with E-state index in [4.69, 9.17) is 0 Å². The number of hydrogen-bond acceptors (Lipinski definition) is 1. The minimum atomic E-state index is -0.238. The summed E-state index contributed by atoms with van der Waals surface area (Å²) in [6.45, 7) is 6.37. The molecule has 3 saturated carbocycles. The fourth-order valence-electron chi connectivity index (χ4n) is 2.35. The molecule has 1 heteroatoms. The average Bonchev–Trinajstić information content (AvgIpc) is 2.12. The second kappa shape index (κ2) is 3.37. The summed E-state index contributed by atoms with van der Waals surface area (Å²) in [4.78, 5) is 0. The number of aliphatic hydroxyl groups is 1. The summed E-state index contributed by atoms with van der Waals surface area (Å²) in [6, 6.07) is 0. The molecular weight excluding hydrogens is 148 g/mol. The van der Waals surface area contributed by atoms with Crippen LogP contribution in [0.3, 0.4) is 0 Å². The molecule has 3 rings (SSSR count). The summed E-state index contributed by atoms with van der Waals surface area (Å²) < 4.78 is 0. The maximum absolute atomic E-state index is 9.83. The molecule has 3 fully saturated rings. The van der Waals surface area contributed by atoms with Crippen LogP contribution in [0.4, 0.5) is 0 Å². The normalized spacial score (nSPS) is 45.0. The van der Waals surface area contributed by atoms with Crippen molar-refractivity contribution < 1.29 is 5.11 Å². The lowest BCUT2D eigenvalue weighted by Gasteiger charge is -2.49. The fourth-order valence-corrected chi connectivity index (χ4v) is 2.35. The van der Waals surface area contributed by atoms with E-state index in [0.717, 1.165) is 19.3 Å². The first-order chi connectivity index (χ1) is 5.62. The van der Waals surface area contributed by atoms with Gasteiger partial charge in [-0.15, -0.1) is 0 Å². The zero-order chi connectivity index (χ0) is 9.24. The molecule has 12 heavy (non-hydrogen) atoms. The molecule has 0 atom stereocenters. The van der Waals surface area contributed by atoms with Crippen molar-refractivity contribution in [2.75, 3.05) is 0 Å². The van der Waals surface area contributed by atoms with E-state index >= 15 is 0 Å². The topological polar surface area (TPSA) is 20.2 Å². The van der Waals surface area contributed by atoms with E-state index in [0.29, 0.717) is 5.41 Å². The summed E-state index contributed by atoms with van der Waals surface area (Å²) in [6.07, 6.45) is 6.94. The van der Waals surface area contributed by atoms with Crippen LogP contribution in [0.25, 0.3) is 0 Å². The van der Waals surface area contributed by atoms with Crippen LogP contribution in [0.5, 0.6) is 0 Å². The van der Waals surface area contributed by atoms with Gasteiger partial charge in [-0.25, -0.2) is 0 Å². The molecule has 0 spiro atoms. The monoisotopic (exact) mass is 170 g/mol. The maximum Gasteiger partial charge on any atom is 0.0648 e. The Morgan fingerprint density at radius 2 is 1.17 bits per heavy atom. The van der Waals surface area contributed by atoms with E-state index in [1.165, 1.54) is 19.3 Å². The Bertz CT molecular complexity index is 109. The van der Waals surface area contributed by atoms with E-state index in [9.17, 15) is 5.11 Å². The third-order valence-electron chi connectivity index (χ3n) is 3.58. The molecule has 72 valence electrons. The first kappa shape index (κ1) is 10.0. The van der Waals surface area contributed by atoms with Crippen molar-refractivity contribution in [2.24, 2.45) is 5.41 Å². The van der Waals surface area contributed by atoms with Gasteiger partial charge in [-0.05, 0) is 43.9 Å². The SMILES string of the molecule is CC.CC12CCC(O)(CC1)CC2. The zero-order valence-electron chi connectivity index (χ0n) is 8.69. The van der Waals surface area contributed by atoms with E-state index in [2.05, 4.69) is 6.92 Å². The molecule has 0 amide bonds. The van der Waals surface area contributed by atoms with E-state index in [1.807, 2.05) is 13.8 Å². The van der Waals surface area contributed by atoms with Gasteiger partial charge < -0.3 is 5.11 Å². The van der Waals surface area contributed by atoms with E-state index in [1.54, 1.807) is 0 Å². The van der Waals surface area contributed by atoms with Gasteiger partial charge in [0.2, 0.25) is 0 Å². The molecule has 0 aromatic rings. The van der Waals surface area contributed by atoms with Crippen LogP contribution in [0, 0.1) is 5.41 Å². The molecule has 0 unspecified atom stereocenters. The highest BCUT2D eigenvalue weighted by molar-refractivity contribution is 4.97. The van der Waals surface area contributed by atoms with Crippen LogP contribution in [0.2, 0.25) is 0 Å². The van der Waals surface area contributed by atoms with Crippen LogP contribution >= 0.6 is 0 Å². The van der Waals surface area contributed by atoms with Gasteiger partial charge in [0.1, 0.15) is 0 Å². The van der Waals surface area contributed by atoms with Crippen LogP contribution in [-0.2, 0) is 0 Å². The van der Waals surface area contributed by atoms with Gasteiger partial charge in [-0.3, -0.25) is 0 Å². The predicted octanol–water partition coefficient (Wildman–Crippen LogP) is 3.12. The van der Waals surface area contributed by atoms with Gasteiger partial charge >= 0.3 is 0 Å². The van der Waals surface area contributed by atoms with E-state index in [-0.39, 0.29) is 5.60 Å². The average molecular weight is 170 g/mol. The molecule has 0 aliphatic heterocycles. The predicted molar refractivity (Wildman–Crippen MR) is 52.1 cm³/mol. The second-order valence-corrected chi connectivity index (χ2v) is 4.54. The lowest BCUT2D eigenvalue weighted by atomic mass is 9.60. The highest BCUT2D eigenvalue weighted by Gasteiger charge is 2.44. The van der Waals surface area contributed by atoms with Crippen molar-refractivity contribution >= 4 is 0 Å². The third kappa shape index (κ3) is 1.82. The highest BCUT2D eigenvalue weighted by Crippen LogP contribution is 2.51. The number of fused-ring (bicyclic) bond motifs is 3. The van der Waals surface area contributed by atoms with Crippen molar-refractivity contribution in [3.8, 4) is 0 Å². The molecular formula is C11H22O. The maximum atomic E-state index is 9.83. The summed E-state index contributed by atoms with van der Waals surface area (Å²) in [7, 11) is 0. The Morgan fingerprint density at radius 1 is 0.833 bits per heavy atom.